The summed E-state index contributed by atoms with van der Waals surface area (Å²) in [6, 6.07) is 0. The van der Waals surface area contributed by atoms with Gasteiger partial charge in [0.15, 0.2) is 0 Å². The third-order valence-corrected chi connectivity index (χ3v) is 1.85. The van der Waals surface area contributed by atoms with Crippen molar-refractivity contribution in [3.05, 3.63) is 23.5 Å². The van der Waals surface area contributed by atoms with Crippen molar-refractivity contribution in [2.75, 3.05) is 7.11 Å². The van der Waals surface area contributed by atoms with Crippen molar-refractivity contribution < 1.29 is 14.3 Å². The van der Waals surface area contributed by atoms with Crippen molar-refractivity contribution in [3.63, 3.8) is 0 Å². The molecule has 0 aromatic rings. The first-order valence-electron chi connectivity index (χ1n) is 4.14. The molecule has 13 heavy (non-hydrogen) atoms. The minimum Gasteiger partial charge on any atom is -0.488 e. The van der Waals surface area contributed by atoms with Crippen LogP contribution in [0.3, 0.4) is 0 Å². The Kier molecular flexibility index (Phi) is 2.45. The van der Waals surface area contributed by atoms with Crippen LogP contribution in [0.25, 0.3) is 0 Å². The Morgan fingerprint density at radius 3 is 2.62 bits per heavy atom. The minimum absolute atomic E-state index is 0.332. The van der Waals surface area contributed by atoms with E-state index in [4.69, 9.17) is 4.74 Å². The lowest BCUT2D eigenvalue weighted by Gasteiger charge is -2.27. The molecule has 0 N–H and O–H groups in total. The molecule has 1 rings (SSSR count). The predicted octanol–water partition coefficient (Wildman–Crippen LogP) is 1.80. The van der Waals surface area contributed by atoms with Gasteiger partial charge >= 0.3 is 5.97 Å². The van der Waals surface area contributed by atoms with Crippen LogP contribution in [0.2, 0.25) is 0 Å². The first kappa shape index (κ1) is 9.84. The smallest absolute Gasteiger partial charge is 0.341 e. The Morgan fingerprint density at radius 2 is 2.15 bits per heavy atom. The van der Waals surface area contributed by atoms with Gasteiger partial charge in [-0.25, -0.2) is 4.79 Å². The van der Waals surface area contributed by atoms with Crippen molar-refractivity contribution in [2.24, 2.45) is 0 Å². The molecule has 0 aromatic carbocycles. The highest BCUT2D eigenvalue weighted by molar-refractivity contribution is 5.92. The van der Waals surface area contributed by atoms with E-state index in [-0.39, 0.29) is 11.6 Å². The van der Waals surface area contributed by atoms with Crippen LogP contribution in [-0.4, -0.2) is 18.7 Å². The molecular weight excluding hydrogens is 168 g/mol. The average Bonchev–Trinajstić information content (AvgIpc) is 2.01. The van der Waals surface area contributed by atoms with Gasteiger partial charge in [-0.15, -0.1) is 0 Å². The van der Waals surface area contributed by atoms with Gasteiger partial charge in [0.2, 0.25) is 0 Å². The van der Waals surface area contributed by atoms with E-state index in [1.807, 2.05) is 19.9 Å². The van der Waals surface area contributed by atoms with Crippen molar-refractivity contribution in [1.82, 2.24) is 0 Å². The van der Waals surface area contributed by atoms with E-state index in [0.717, 1.165) is 0 Å². The second-order valence-corrected chi connectivity index (χ2v) is 3.50. The molecule has 1 aliphatic rings. The average molecular weight is 182 g/mol. The van der Waals surface area contributed by atoms with E-state index in [9.17, 15) is 4.79 Å². The molecule has 0 atom stereocenters. The molecule has 3 nitrogen and oxygen atoms in total. The number of esters is 1. The van der Waals surface area contributed by atoms with E-state index in [1.165, 1.54) is 7.11 Å². The predicted molar refractivity (Wildman–Crippen MR) is 49.0 cm³/mol. The molecular formula is C10H14O3. The summed E-state index contributed by atoms with van der Waals surface area (Å²) >= 11 is 0. The van der Waals surface area contributed by atoms with Crippen molar-refractivity contribution >= 4 is 5.97 Å². The van der Waals surface area contributed by atoms with E-state index in [2.05, 4.69) is 4.74 Å². The lowest BCUT2D eigenvalue weighted by Crippen LogP contribution is -2.25. The molecule has 0 radical (unpaired) electrons. The summed E-state index contributed by atoms with van der Waals surface area (Å²) in [6.45, 7) is 5.62. The summed E-state index contributed by atoms with van der Waals surface area (Å²) in [7, 11) is 1.36. The number of carbonyl (C=O) groups excluding carboxylic acids is 1. The summed E-state index contributed by atoms with van der Waals surface area (Å²) in [5.74, 6) is 0.253. The molecule has 0 amide bonds. The van der Waals surface area contributed by atoms with Crippen LogP contribution < -0.4 is 0 Å². The van der Waals surface area contributed by atoms with Gasteiger partial charge in [0.05, 0.1) is 12.7 Å². The van der Waals surface area contributed by atoms with Crippen molar-refractivity contribution in [2.45, 2.75) is 26.4 Å². The zero-order valence-electron chi connectivity index (χ0n) is 8.38. The number of allylic oxidation sites excluding steroid dienone is 1. The van der Waals surface area contributed by atoms with E-state index in [1.54, 1.807) is 13.0 Å². The summed E-state index contributed by atoms with van der Waals surface area (Å²) in [5.41, 5.74) is 0.156. The third kappa shape index (κ3) is 2.11. The fourth-order valence-corrected chi connectivity index (χ4v) is 1.21. The number of methoxy groups -OCH3 is 1. The van der Waals surface area contributed by atoms with Gasteiger partial charge in [0, 0.05) is 0 Å². The Labute approximate surface area is 78.0 Å². The maximum atomic E-state index is 11.2. The van der Waals surface area contributed by atoms with Crippen LogP contribution in [0.1, 0.15) is 20.8 Å². The van der Waals surface area contributed by atoms with Gasteiger partial charge < -0.3 is 9.47 Å². The van der Waals surface area contributed by atoms with Crippen LogP contribution >= 0.6 is 0 Å². The molecule has 0 saturated carbocycles. The highest BCUT2D eigenvalue weighted by Crippen LogP contribution is 2.25. The van der Waals surface area contributed by atoms with Gasteiger partial charge in [0.25, 0.3) is 0 Å². The second kappa shape index (κ2) is 3.24. The van der Waals surface area contributed by atoms with E-state index >= 15 is 0 Å². The number of carbonyl (C=O) groups is 1. The van der Waals surface area contributed by atoms with Crippen LogP contribution in [0.4, 0.5) is 0 Å². The molecule has 1 aliphatic heterocycles. The molecule has 0 unspecified atom stereocenters. The second-order valence-electron chi connectivity index (χ2n) is 3.50. The zero-order chi connectivity index (χ0) is 10.1. The molecule has 0 aromatic heterocycles. The van der Waals surface area contributed by atoms with Crippen LogP contribution in [0.5, 0.6) is 0 Å². The molecule has 0 aliphatic carbocycles. The summed E-state index contributed by atoms with van der Waals surface area (Å²) < 4.78 is 10.1. The van der Waals surface area contributed by atoms with E-state index in [0.29, 0.717) is 11.3 Å². The summed E-state index contributed by atoms with van der Waals surface area (Å²) in [4.78, 5) is 11.2. The first-order valence-corrected chi connectivity index (χ1v) is 4.14. The number of hydrogen-bond donors (Lipinski definition) is 0. The maximum Gasteiger partial charge on any atom is 0.341 e. The third-order valence-electron chi connectivity index (χ3n) is 1.85. The molecule has 72 valence electrons. The standard InChI is InChI=1S/C10H14O3/c1-7-8(9(11)12-4)5-6-10(2,3)13-7/h5-6H,1-4H3. The van der Waals surface area contributed by atoms with Gasteiger partial charge in [-0.05, 0) is 32.9 Å². The van der Waals surface area contributed by atoms with Crippen LogP contribution in [0, 0.1) is 0 Å². The van der Waals surface area contributed by atoms with Gasteiger partial charge in [-0.2, -0.15) is 0 Å². The first-order chi connectivity index (χ1) is 5.96. The van der Waals surface area contributed by atoms with Crippen LogP contribution in [0.15, 0.2) is 23.5 Å². The zero-order valence-corrected chi connectivity index (χ0v) is 8.38. The number of rotatable bonds is 1. The van der Waals surface area contributed by atoms with E-state index < -0.39 is 0 Å². The van der Waals surface area contributed by atoms with Crippen molar-refractivity contribution in [1.29, 1.82) is 0 Å². The highest BCUT2D eigenvalue weighted by Gasteiger charge is 2.24. The SMILES string of the molecule is COC(=O)C1=C(C)OC(C)(C)C=C1. The summed E-state index contributed by atoms with van der Waals surface area (Å²) in [6.07, 6.45) is 3.58. The lowest BCUT2D eigenvalue weighted by molar-refractivity contribution is -0.136. The Morgan fingerprint density at radius 1 is 1.54 bits per heavy atom. The largest absolute Gasteiger partial charge is 0.488 e. The van der Waals surface area contributed by atoms with Crippen molar-refractivity contribution in [3.8, 4) is 0 Å². The monoisotopic (exact) mass is 182 g/mol. The molecule has 0 fully saturated rings. The minimum atomic E-state index is -0.357. The molecule has 1 heterocycles. The molecule has 0 saturated heterocycles. The quantitative estimate of drug-likeness (QED) is 0.580. The number of ether oxygens (including phenoxy) is 2. The molecule has 0 spiro atoms. The topological polar surface area (TPSA) is 35.5 Å². The highest BCUT2D eigenvalue weighted by atomic mass is 16.5. The summed E-state index contributed by atoms with van der Waals surface area (Å²) in [5, 5.41) is 0. The Bertz CT molecular complexity index is 285. The molecule has 3 heteroatoms. The lowest BCUT2D eigenvalue weighted by atomic mass is 10.0. The number of hydrogen-bond acceptors (Lipinski definition) is 3. The fourth-order valence-electron chi connectivity index (χ4n) is 1.21. The molecule has 0 bridgehead atoms. The van der Waals surface area contributed by atoms with Crippen LogP contribution in [-0.2, 0) is 14.3 Å². The van der Waals surface area contributed by atoms with Gasteiger partial charge in [0.1, 0.15) is 11.4 Å². The normalized spacial score (nSPS) is 19.7. The van der Waals surface area contributed by atoms with Gasteiger partial charge in [-0.3, -0.25) is 0 Å². The Hall–Kier alpha value is -1.25. The maximum absolute atomic E-state index is 11.2. The Balaban J connectivity index is 2.91. The fraction of sp³-hybridized carbons (Fsp3) is 0.500. The van der Waals surface area contributed by atoms with Gasteiger partial charge in [-0.1, -0.05) is 0 Å².